The quantitative estimate of drug-likeness (QED) is 0.697. The van der Waals surface area contributed by atoms with Gasteiger partial charge in [0.2, 0.25) is 5.91 Å². The van der Waals surface area contributed by atoms with Crippen LogP contribution in [0.25, 0.3) is 0 Å². The Balaban J connectivity index is 1.86. The smallest absolute Gasteiger partial charge is 0.232 e. The van der Waals surface area contributed by atoms with Gasteiger partial charge in [-0.1, -0.05) is 52.6 Å². The van der Waals surface area contributed by atoms with E-state index in [9.17, 15) is 4.79 Å². The number of hydrogen-bond donors (Lipinski definition) is 1. The van der Waals surface area contributed by atoms with E-state index in [1.807, 2.05) is 24.3 Å². The Hall–Kier alpha value is -0.350. The van der Waals surface area contributed by atoms with E-state index in [-0.39, 0.29) is 27.0 Å². The van der Waals surface area contributed by atoms with Crippen molar-refractivity contribution in [2.24, 2.45) is 16.2 Å². The van der Waals surface area contributed by atoms with Crippen LogP contribution in [0.1, 0.15) is 33.6 Å². The molecule has 20 heavy (non-hydrogen) atoms. The minimum atomic E-state index is -0.283. The lowest BCUT2D eigenvalue weighted by Gasteiger charge is -2.64. The van der Waals surface area contributed by atoms with E-state index < -0.39 is 0 Å². The number of halogens is 2. The van der Waals surface area contributed by atoms with Crippen molar-refractivity contribution in [2.75, 3.05) is 5.32 Å². The number of anilines is 1. The molecule has 1 aromatic rings. The van der Waals surface area contributed by atoms with Crippen molar-refractivity contribution < 1.29 is 4.79 Å². The summed E-state index contributed by atoms with van der Waals surface area (Å²) in [5.41, 5.74) is 0.843. The highest BCUT2D eigenvalue weighted by Crippen LogP contribution is 2.79. The molecule has 1 aromatic carbocycles. The first-order valence-electron chi connectivity index (χ1n) is 6.97. The lowest BCUT2D eigenvalue weighted by Crippen LogP contribution is -2.68. The number of carbonyl (C=O) groups is 1. The fourth-order valence-electron chi connectivity index (χ4n) is 4.23. The maximum atomic E-state index is 12.9. The summed E-state index contributed by atoms with van der Waals surface area (Å²) in [4.78, 5) is 13.1. The molecule has 0 radical (unpaired) electrons. The molecule has 2 nitrogen and oxygen atoms in total. The molecule has 0 aromatic heterocycles. The van der Waals surface area contributed by atoms with E-state index in [1.54, 1.807) is 0 Å². The molecule has 0 spiro atoms. The SMILES string of the molecule is CC1(C)[C@]2(C)CC[C@@]1(C(=O)Nc1ccc(Br)cc1)[C@H]2Br. The Labute approximate surface area is 137 Å². The zero-order valence-electron chi connectivity index (χ0n) is 12.0. The Morgan fingerprint density at radius 3 is 2.25 bits per heavy atom. The Kier molecular flexibility index (Phi) is 3.15. The molecule has 108 valence electrons. The van der Waals surface area contributed by atoms with Gasteiger partial charge in [-0.2, -0.15) is 0 Å². The van der Waals surface area contributed by atoms with E-state index in [0.717, 1.165) is 23.0 Å². The average molecular weight is 401 g/mol. The molecule has 3 atom stereocenters. The van der Waals surface area contributed by atoms with Gasteiger partial charge < -0.3 is 5.32 Å². The first-order chi connectivity index (χ1) is 9.25. The van der Waals surface area contributed by atoms with E-state index in [2.05, 4.69) is 57.9 Å². The van der Waals surface area contributed by atoms with Crippen LogP contribution in [0.2, 0.25) is 0 Å². The fraction of sp³-hybridized carbons (Fsp3) is 0.562. The number of carbonyl (C=O) groups excluding carboxylic acids is 1. The van der Waals surface area contributed by atoms with Crippen molar-refractivity contribution in [1.29, 1.82) is 0 Å². The van der Waals surface area contributed by atoms with Crippen LogP contribution >= 0.6 is 31.9 Å². The monoisotopic (exact) mass is 399 g/mol. The van der Waals surface area contributed by atoms with Crippen LogP contribution in [0, 0.1) is 16.2 Å². The van der Waals surface area contributed by atoms with E-state index in [0.29, 0.717) is 0 Å². The van der Waals surface area contributed by atoms with Gasteiger partial charge in [-0.15, -0.1) is 0 Å². The van der Waals surface area contributed by atoms with Crippen LogP contribution in [0.3, 0.4) is 0 Å². The predicted octanol–water partition coefficient (Wildman–Crippen LogP) is 4.98. The van der Waals surface area contributed by atoms with E-state index in [1.165, 1.54) is 0 Å². The molecule has 0 aliphatic heterocycles. The van der Waals surface area contributed by atoms with Crippen molar-refractivity contribution in [1.82, 2.24) is 0 Å². The van der Waals surface area contributed by atoms with Crippen molar-refractivity contribution in [3.63, 3.8) is 0 Å². The van der Waals surface area contributed by atoms with Crippen LogP contribution in [-0.2, 0) is 4.79 Å². The van der Waals surface area contributed by atoms with Crippen LogP contribution in [0.15, 0.2) is 28.7 Å². The summed E-state index contributed by atoms with van der Waals surface area (Å²) < 4.78 is 1.02. The summed E-state index contributed by atoms with van der Waals surface area (Å²) in [6, 6.07) is 7.76. The van der Waals surface area contributed by atoms with E-state index >= 15 is 0 Å². The Morgan fingerprint density at radius 1 is 1.20 bits per heavy atom. The number of alkyl halides is 1. The summed E-state index contributed by atoms with van der Waals surface area (Å²) in [5.74, 6) is 0.154. The third-order valence-corrected chi connectivity index (χ3v) is 8.40. The van der Waals surface area contributed by atoms with Crippen LogP contribution < -0.4 is 5.32 Å². The first kappa shape index (κ1) is 14.6. The molecule has 3 fully saturated rings. The molecule has 0 saturated heterocycles. The lowest BCUT2D eigenvalue weighted by molar-refractivity contribution is -0.155. The number of fused-ring (bicyclic) bond motifs is 1. The summed E-state index contributed by atoms with van der Waals surface area (Å²) in [7, 11) is 0. The predicted molar refractivity (Wildman–Crippen MR) is 89.0 cm³/mol. The summed E-state index contributed by atoms with van der Waals surface area (Å²) in [5, 5.41) is 3.10. The van der Waals surface area contributed by atoms with Crippen molar-refractivity contribution in [2.45, 2.75) is 38.4 Å². The van der Waals surface area contributed by atoms with Crippen LogP contribution in [0.5, 0.6) is 0 Å². The van der Waals surface area contributed by atoms with Gasteiger partial charge in [0, 0.05) is 15.0 Å². The summed E-state index contributed by atoms with van der Waals surface area (Å²) in [6.07, 6.45) is 2.08. The van der Waals surface area contributed by atoms with Gasteiger partial charge in [-0.05, 0) is 47.9 Å². The topological polar surface area (TPSA) is 29.1 Å². The van der Waals surface area contributed by atoms with Gasteiger partial charge in [-0.25, -0.2) is 0 Å². The van der Waals surface area contributed by atoms with Crippen molar-refractivity contribution >= 4 is 43.5 Å². The first-order valence-corrected chi connectivity index (χ1v) is 8.68. The molecule has 0 unspecified atom stereocenters. The molecular weight excluding hydrogens is 382 g/mol. The maximum absolute atomic E-state index is 12.9. The van der Waals surface area contributed by atoms with Gasteiger partial charge in [0.1, 0.15) is 0 Å². The van der Waals surface area contributed by atoms with Gasteiger partial charge in [0.25, 0.3) is 0 Å². The third kappa shape index (κ3) is 1.52. The maximum Gasteiger partial charge on any atom is 0.232 e. The molecule has 1 N–H and O–H groups in total. The average Bonchev–Trinajstić information content (AvgIpc) is 2.80. The zero-order valence-corrected chi connectivity index (χ0v) is 15.1. The van der Waals surface area contributed by atoms with Gasteiger partial charge >= 0.3 is 0 Å². The minimum absolute atomic E-state index is 0.0353. The fourth-order valence-corrected chi connectivity index (χ4v) is 6.31. The molecule has 0 heterocycles. The highest BCUT2D eigenvalue weighted by atomic mass is 79.9. The number of benzene rings is 1. The number of amides is 1. The van der Waals surface area contributed by atoms with Crippen LogP contribution in [-0.4, -0.2) is 10.7 Å². The normalized spacial score (nSPS) is 37.4. The molecule has 3 aliphatic carbocycles. The van der Waals surface area contributed by atoms with Crippen molar-refractivity contribution in [3.8, 4) is 0 Å². The van der Waals surface area contributed by atoms with Gasteiger partial charge in [0.15, 0.2) is 0 Å². The van der Waals surface area contributed by atoms with Gasteiger partial charge in [-0.3, -0.25) is 4.79 Å². The van der Waals surface area contributed by atoms with Gasteiger partial charge in [0.05, 0.1) is 5.41 Å². The number of hydrogen-bond acceptors (Lipinski definition) is 1. The van der Waals surface area contributed by atoms with Crippen molar-refractivity contribution in [3.05, 3.63) is 28.7 Å². The summed E-state index contributed by atoms with van der Waals surface area (Å²) >= 11 is 7.21. The largest absolute Gasteiger partial charge is 0.326 e. The molecule has 4 rings (SSSR count). The molecular formula is C16H19Br2NO. The summed E-state index contributed by atoms with van der Waals surface area (Å²) in [6.45, 7) is 6.77. The Bertz CT molecular complexity index is 568. The minimum Gasteiger partial charge on any atom is -0.326 e. The van der Waals surface area contributed by atoms with Crippen LogP contribution in [0.4, 0.5) is 5.69 Å². The number of rotatable bonds is 2. The standard InChI is InChI=1S/C16H19Br2NO/c1-14(2)15(3)8-9-16(14,12(15)18)13(20)19-11-6-4-10(17)5-7-11/h4-7,12H,8-9H2,1-3H3,(H,19,20)/t12-,15+,16-/m0/s1. The molecule has 4 heteroatoms. The number of nitrogens with one attached hydrogen (secondary N) is 1. The zero-order chi connectivity index (χ0) is 14.8. The third-order valence-electron chi connectivity index (χ3n) is 6.08. The second kappa shape index (κ2) is 4.33. The molecule has 1 amide bonds. The highest BCUT2D eigenvalue weighted by molar-refractivity contribution is 9.10. The molecule has 3 aliphatic rings. The second-order valence-corrected chi connectivity index (χ2v) is 8.67. The second-order valence-electron chi connectivity index (χ2n) is 6.84. The van der Waals surface area contributed by atoms with E-state index in [4.69, 9.17) is 0 Å². The molecule has 2 bridgehead atoms. The molecule has 3 saturated carbocycles. The highest BCUT2D eigenvalue weighted by Gasteiger charge is 2.80. The Morgan fingerprint density at radius 2 is 1.80 bits per heavy atom. The lowest BCUT2D eigenvalue weighted by atomic mass is 9.43.